The normalized spacial score (nSPS) is 9.30. The van der Waals surface area contributed by atoms with Gasteiger partial charge in [-0.3, -0.25) is 0 Å². The minimum absolute atomic E-state index is 1.27. The molecule has 0 spiro atoms. The number of benzene rings is 7. The van der Waals surface area contributed by atoms with E-state index < -0.39 is 0 Å². The molecule has 0 aliphatic carbocycles. The lowest BCUT2D eigenvalue weighted by molar-refractivity contribution is 1.50. The quantitative estimate of drug-likeness (QED) is 0.171. The Morgan fingerprint density at radius 2 is 0.435 bits per heavy atom. The second-order valence-electron chi connectivity index (χ2n) is 8.89. The highest BCUT2D eigenvalue weighted by molar-refractivity contribution is 6.25. The van der Waals surface area contributed by atoms with Crippen LogP contribution in [0.2, 0.25) is 0 Å². The van der Waals surface area contributed by atoms with Crippen LogP contribution in [-0.2, 0) is 0 Å². The topological polar surface area (TPSA) is 0 Å². The smallest absolute Gasteiger partial charge is 0.00201 e. The van der Waals surface area contributed by atoms with Crippen LogP contribution in [0, 0.1) is 0 Å². The number of rotatable bonds is 2. The van der Waals surface area contributed by atoms with Crippen molar-refractivity contribution in [2.45, 2.75) is 83.1 Å². The maximum absolute atomic E-state index is 2.29. The van der Waals surface area contributed by atoms with Crippen LogP contribution in [-0.4, -0.2) is 0 Å². The van der Waals surface area contributed by atoms with Gasteiger partial charge in [0.1, 0.15) is 0 Å². The van der Waals surface area contributed by atoms with Gasteiger partial charge >= 0.3 is 0 Å². The van der Waals surface area contributed by atoms with Gasteiger partial charge in [-0.1, -0.05) is 217 Å². The molecule has 0 aliphatic heterocycles. The van der Waals surface area contributed by atoms with Gasteiger partial charge in [-0.15, -0.1) is 0 Å². The zero-order valence-electron chi connectivity index (χ0n) is 30.7. The molecule has 7 rings (SSSR count). The monoisotopic (exact) mass is 610 g/mol. The zero-order chi connectivity index (χ0) is 34.5. The molecule has 0 saturated carbocycles. The Hall–Kier alpha value is -4.42. The molecule has 46 heavy (non-hydrogen) atoms. The highest BCUT2D eigenvalue weighted by atomic mass is 14.2. The Bertz CT molecular complexity index is 1650. The van der Waals surface area contributed by atoms with Gasteiger partial charge in [0, 0.05) is 0 Å². The summed E-state index contributed by atoms with van der Waals surface area (Å²) in [5, 5.41) is 10.3. The van der Waals surface area contributed by atoms with Crippen LogP contribution >= 0.6 is 0 Å². The molecular weight excluding hydrogens is 553 g/mol. The maximum Gasteiger partial charge on any atom is -0.00201 e. The largest absolute Gasteiger partial charge is 0.0683 e. The van der Waals surface area contributed by atoms with E-state index in [1.54, 1.807) is 0 Å². The molecule has 0 radical (unpaired) electrons. The molecule has 0 heterocycles. The molecule has 0 heteroatoms. The third-order valence-corrected chi connectivity index (χ3v) is 7.05. The van der Waals surface area contributed by atoms with Crippen LogP contribution in [0.25, 0.3) is 65.3 Å². The van der Waals surface area contributed by atoms with Crippen LogP contribution in [0.15, 0.2) is 133 Å². The Kier molecular flexibility index (Phi) is 19.1. The van der Waals surface area contributed by atoms with Gasteiger partial charge < -0.3 is 0 Å². The van der Waals surface area contributed by atoms with E-state index in [1.807, 2.05) is 83.1 Å². The van der Waals surface area contributed by atoms with Crippen molar-refractivity contribution in [1.82, 2.24) is 0 Å². The first-order chi connectivity index (χ1) is 22.9. The van der Waals surface area contributed by atoms with E-state index in [4.69, 9.17) is 0 Å². The average molecular weight is 611 g/mol. The van der Waals surface area contributed by atoms with Crippen LogP contribution in [0.5, 0.6) is 0 Å². The Balaban J connectivity index is 0.000000798. The fraction of sp³-hybridized carbons (Fsp3) is 0.261. The van der Waals surface area contributed by atoms with Crippen molar-refractivity contribution in [1.29, 1.82) is 0 Å². The predicted molar refractivity (Wildman–Crippen MR) is 215 cm³/mol. The number of fused-ring (bicyclic) bond motifs is 4. The van der Waals surface area contributed by atoms with E-state index in [1.165, 1.54) is 65.3 Å². The summed E-state index contributed by atoms with van der Waals surface area (Å²) in [5.74, 6) is 0. The molecule has 7 aromatic rings. The molecule has 0 nitrogen and oxygen atoms in total. The summed E-state index contributed by atoms with van der Waals surface area (Å²) in [4.78, 5) is 0. The summed E-state index contributed by atoms with van der Waals surface area (Å²) in [7, 11) is 0. The lowest BCUT2D eigenvalue weighted by Crippen LogP contribution is -1.92. The first kappa shape index (κ1) is 39.6. The molecular formula is C46H58. The first-order valence-corrected chi connectivity index (χ1v) is 17.8. The minimum atomic E-state index is 1.27. The lowest BCUT2D eigenvalue weighted by atomic mass is 9.84. The summed E-state index contributed by atoms with van der Waals surface area (Å²) in [6.45, 7) is 24.0. The van der Waals surface area contributed by atoms with Crippen molar-refractivity contribution in [3.05, 3.63) is 133 Å². The van der Waals surface area contributed by atoms with Crippen molar-refractivity contribution < 1.29 is 0 Å². The van der Waals surface area contributed by atoms with E-state index in [-0.39, 0.29) is 0 Å². The molecule has 0 saturated heterocycles. The first-order valence-electron chi connectivity index (χ1n) is 17.8. The fourth-order valence-corrected chi connectivity index (χ4v) is 5.60. The number of hydrogen-bond acceptors (Lipinski definition) is 0. The van der Waals surface area contributed by atoms with Gasteiger partial charge in [-0.2, -0.15) is 0 Å². The molecule has 0 bridgehead atoms. The SMILES string of the molecule is CC.CC.CC.CC.CC.CC.c1ccc2c(-c3c4ccccc4c(-c4cccc5ccccc45)c4ccccc34)cccc2c1. The number of hydrogen-bond donors (Lipinski definition) is 0. The molecule has 0 aliphatic rings. The lowest BCUT2D eigenvalue weighted by Gasteiger charge is -2.19. The highest BCUT2D eigenvalue weighted by Crippen LogP contribution is 2.46. The van der Waals surface area contributed by atoms with Crippen molar-refractivity contribution in [2.24, 2.45) is 0 Å². The predicted octanol–water partition coefficient (Wildman–Crippen LogP) is 15.8. The molecule has 242 valence electrons. The van der Waals surface area contributed by atoms with Gasteiger partial charge in [-0.25, -0.2) is 0 Å². The molecule has 0 amide bonds. The summed E-state index contributed by atoms with van der Waals surface area (Å²) in [5.41, 5.74) is 5.20. The van der Waals surface area contributed by atoms with Gasteiger partial charge in [0.25, 0.3) is 0 Å². The van der Waals surface area contributed by atoms with E-state index in [9.17, 15) is 0 Å². The molecule has 0 atom stereocenters. The Labute approximate surface area is 281 Å². The van der Waals surface area contributed by atoms with E-state index >= 15 is 0 Å². The molecule has 7 aromatic carbocycles. The van der Waals surface area contributed by atoms with Crippen LogP contribution in [0.4, 0.5) is 0 Å². The standard InChI is InChI=1S/C34H22.6C2H6/c1-3-15-25-23(11-1)13-9-21-27(25)33-29-17-5-7-19-31(29)34(32-20-8-6-18-30(32)33)28-22-10-14-24-12-2-4-16-26(24)28;6*1-2/h1-22H;6*1-2H3. The van der Waals surface area contributed by atoms with E-state index in [2.05, 4.69) is 133 Å². The van der Waals surface area contributed by atoms with Gasteiger partial charge in [0.2, 0.25) is 0 Å². The second-order valence-corrected chi connectivity index (χ2v) is 8.89. The summed E-state index contributed by atoms with van der Waals surface area (Å²) < 4.78 is 0. The average Bonchev–Trinajstić information content (AvgIpc) is 3.18. The minimum Gasteiger partial charge on any atom is -0.0683 e. The van der Waals surface area contributed by atoms with E-state index in [0.29, 0.717) is 0 Å². The Morgan fingerprint density at radius 1 is 0.217 bits per heavy atom. The Morgan fingerprint density at radius 3 is 0.717 bits per heavy atom. The summed E-state index contributed by atoms with van der Waals surface area (Å²) in [6, 6.07) is 48.5. The maximum atomic E-state index is 2.29. The molecule has 0 fully saturated rings. The van der Waals surface area contributed by atoms with Gasteiger partial charge in [0.05, 0.1) is 0 Å². The highest BCUT2D eigenvalue weighted by Gasteiger charge is 2.18. The van der Waals surface area contributed by atoms with Crippen LogP contribution < -0.4 is 0 Å². The third-order valence-electron chi connectivity index (χ3n) is 7.05. The van der Waals surface area contributed by atoms with Crippen molar-refractivity contribution in [3.63, 3.8) is 0 Å². The third kappa shape index (κ3) is 8.43. The van der Waals surface area contributed by atoms with E-state index in [0.717, 1.165) is 0 Å². The van der Waals surface area contributed by atoms with Crippen LogP contribution in [0.3, 0.4) is 0 Å². The van der Waals surface area contributed by atoms with Crippen molar-refractivity contribution >= 4 is 43.1 Å². The second kappa shape index (κ2) is 22.1. The van der Waals surface area contributed by atoms with Crippen LogP contribution in [0.1, 0.15) is 83.1 Å². The molecule has 0 aromatic heterocycles. The summed E-state index contributed by atoms with van der Waals surface area (Å²) in [6.07, 6.45) is 0. The molecule has 0 unspecified atom stereocenters. The van der Waals surface area contributed by atoms with Crippen molar-refractivity contribution in [3.8, 4) is 22.3 Å². The van der Waals surface area contributed by atoms with Gasteiger partial charge in [-0.05, 0) is 65.3 Å². The molecule has 0 N–H and O–H groups in total. The van der Waals surface area contributed by atoms with Gasteiger partial charge in [0.15, 0.2) is 0 Å². The zero-order valence-corrected chi connectivity index (χ0v) is 30.7. The van der Waals surface area contributed by atoms with Crippen molar-refractivity contribution in [2.75, 3.05) is 0 Å². The fourth-order valence-electron chi connectivity index (χ4n) is 5.60. The summed E-state index contributed by atoms with van der Waals surface area (Å²) >= 11 is 0.